The van der Waals surface area contributed by atoms with Crippen LogP contribution < -0.4 is 41.8 Å². The molecule has 4 aromatic heterocycles. The summed E-state index contributed by atoms with van der Waals surface area (Å²) in [7, 11) is -1.47. The van der Waals surface area contributed by atoms with Gasteiger partial charge in [0.1, 0.15) is 23.0 Å². The number of rotatable bonds is 15. The molecule has 688 valence electrons. The maximum Gasteiger partial charge on any atom is 0.495 e. The van der Waals surface area contributed by atoms with Gasteiger partial charge in [0.15, 0.2) is 24.5 Å². The molecule has 21 rings (SSSR count). The minimum absolute atomic E-state index is 0. The molecular formula is C114H112BClN4O15. The van der Waals surface area contributed by atoms with E-state index in [4.69, 9.17) is 57.6 Å². The van der Waals surface area contributed by atoms with Gasteiger partial charge >= 0.3 is 25.0 Å². The molecule has 0 saturated heterocycles. The number of ether oxygens (including phenoxy) is 9. The lowest BCUT2D eigenvalue weighted by Gasteiger charge is -2.30. The van der Waals surface area contributed by atoms with Crippen molar-refractivity contribution < 1.29 is 89.6 Å². The highest BCUT2D eigenvalue weighted by atomic mass is 35.5. The van der Waals surface area contributed by atoms with E-state index in [1.807, 2.05) is 164 Å². The summed E-state index contributed by atoms with van der Waals surface area (Å²) >= 11 is 0. The van der Waals surface area contributed by atoms with E-state index in [0.717, 1.165) is 202 Å². The largest absolute Gasteiger partial charge is 1.00 e. The van der Waals surface area contributed by atoms with Gasteiger partial charge in [0.25, 0.3) is 0 Å². The molecule has 14 aromatic rings. The first-order valence-electron chi connectivity index (χ1n) is 46.9. The van der Waals surface area contributed by atoms with Crippen molar-refractivity contribution in [3.8, 4) is 91.9 Å². The van der Waals surface area contributed by atoms with Gasteiger partial charge in [-0.15, -0.1) is 0 Å². The Bertz CT molecular complexity index is 6990. The number of halogens is 1. The molecule has 3 fully saturated rings. The normalized spacial score (nSPS) is 15.1. The van der Waals surface area contributed by atoms with Gasteiger partial charge in [-0.3, -0.25) is 15.0 Å². The van der Waals surface area contributed by atoms with E-state index in [2.05, 4.69) is 132 Å². The van der Waals surface area contributed by atoms with Crippen LogP contribution in [0.3, 0.4) is 0 Å². The van der Waals surface area contributed by atoms with Crippen molar-refractivity contribution in [2.24, 2.45) is 17.8 Å². The number of H-pyrrole nitrogens is 1. The number of esters is 2. The smallest absolute Gasteiger partial charge is 0.495 e. The summed E-state index contributed by atoms with van der Waals surface area (Å²) in [5.74, 6) is 23.2. The maximum atomic E-state index is 13.5. The number of aromatic amines is 1. The molecule has 3 aliphatic carbocycles. The average molecular weight is 1820 g/mol. The van der Waals surface area contributed by atoms with Gasteiger partial charge in [-0.2, -0.15) is 0 Å². The molecule has 0 radical (unpaired) electrons. The third kappa shape index (κ3) is 20.3. The number of aromatic nitrogens is 4. The number of aryl methyl sites for hydroxylation is 3. The van der Waals surface area contributed by atoms with Crippen LogP contribution in [0.4, 0.5) is 0 Å². The third-order valence-electron chi connectivity index (χ3n) is 25.0. The number of carboxylic acid groups (broad SMARTS) is 1. The third-order valence-corrected chi connectivity index (χ3v) is 25.0. The van der Waals surface area contributed by atoms with Crippen LogP contribution in [-0.2, 0) is 63.8 Å². The summed E-state index contributed by atoms with van der Waals surface area (Å²) in [5, 5.41) is 39.1. The summed E-state index contributed by atoms with van der Waals surface area (Å²) in [6.45, 7) is 30.2. The van der Waals surface area contributed by atoms with Gasteiger partial charge in [-0.05, 0) is 320 Å². The number of hydrogen-bond donors (Lipinski definition) is 3. The number of nitrogens with one attached hydrogen (secondary N) is 1. The number of pyridine rings is 4. The fourth-order valence-electron chi connectivity index (χ4n) is 18.7. The molecule has 8 heterocycles. The van der Waals surface area contributed by atoms with Crippen molar-refractivity contribution in [1.82, 2.24) is 15.0 Å². The fraction of sp³-hybridized carbons (Fsp3) is 0.342. The van der Waals surface area contributed by atoms with Crippen molar-refractivity contribution in [2.45, 2.75) is 196 Å². The standard InChI is InChI=1S/2C35H35NO4.C33H31NO4.C11H10BNO3.ClH/c2*1-6-38-34(37)33(40-35(3,4)5)29-21(2)19-25-20-23(10-9-22-7-8-22)11-12-26(25)31(29)27-13-14-28-30-24(16-18-39-28)15-17-36-32(27)30;1-19-17-23-18-21(8-7-20-5-6-20)9-10-24(23)29(27(19)31(32(35)36)38-33(2,3)4)25-11-12-26-28-22(14-16-37-26)13-15-34-30(25)28;14-12(15)8-1-2-9-10-7(4-6-16-9)3-5-13-11(8)10;/h2*11-15,17,19-20,22,33H,6-8,16,18H2,1-5H3;9-13,15,17-18,20,31H,5-6,14,16H2,1-4H3,(H,35,36);1-3,5,14-15H,4,6H2;1H/t2*33-;31-;;/m000../s1. The van der Waals surface area contributed by atoms with Crippen molar-refractivity contribution >= 4 is 106 Å². The quantitative estimate of drug-likeness (QED) is 0.0490. The zero-order valence-corrected chi connectivity index (χ0v) is 79.7. The van der Waals surface area contributed by atoms with Crippen molar-refractivity contribution in [3.05, 3.63) is 243 Å². The molecule has 0 spiro atoms. The van der Waals surface area contributed by atoms with Gasteiger partial charge in [-0.1, -0.05) is 78.0 Å². The summed E-state index contributed by atoms with van der Waals surface area (Å²) in [4.78, 5) is 57.3. The second kappa shape index (κ2) is 38.8. The van der Waals surface area contributed by atoms with E-state index in [0.29, 0.717) is 55.2 Å². The second-order valence-electron chi connectivity index (χ2n) is 38.6. The lowest BCUT2D eigenvalue weighted by molar-refractivity contribution is -0.344. The molecule has 7 aliphatic rings. The Kier molecular flexibility index (Phi) is 27.0. The van der Waals surface area contributed by atoms with Gasteiger partial charge in [0.2, 0.25) is 5.52 Å². The van der Waals surface area contributed by atoms with E-state index in [-0.39, 0.29) is 25.6 Å². The molecule has 21 heteroatoms. The average Bonchev–Trinajstić information content (AvgIpc) is 1.73. The maximum absolute atomic E-state index is 13.5. The van der Waals surface area contributed by atoms with E-state index in [1.165, 1.54) is 60.8 Å². The fourth-order valence-corrected chi connectivity index (χ4v) is 18.7. The minimum Gasteiger partial charge on any atom is -1.00 e. The second-order valence-corrected chi connectivity index (χ2v) is 38.6. The zero-order chi connectivity index (χ0) is 93.8. The topological polar surface area (TPSA) is 248 Å². The molecule has 0 unspecified atom stereocenters. The van der Waals surface area contributed by atoms with Crippen LogP contribution in [0.25, 0.3) is 109 Å². The van der Waals surface area contributed by atoms with E-state index in [1.54, 1.807) is 12.1 Å². The van der Waals surface area contributed by atoms with Gasteiger partial charge in [0, 0.05) is 134 Å². The Morgan fingerprint density at radius 3 is 1.07 bits per heavy atom. The van der Waals surface area contributed by atoms with Crippen LogP contribution in [-0.4, -0.2) is 112 Å². The highest BCUT2D eigenvalue weighted by Crippen LogP contribution is 2.51. The van der Waals surface area contributed by atoms with Gasteiger partial charge < -0.3 is 70.2 Å². The predicted octanol–water partition coefficient (Wildman–Crippen LogP) is 18.2. The molecule has 19 nitrogen and oxygen atoms in total. The number of carbonyl (C=O) groups is 3. The number of hydrogen-bond acceptors (Lipinski definition) is 17. The Morgan fingerprint density at radius 2 is 0.748 bits per heavy atom. The first-order chi connectivity index (χ1) is 64.4. The Labute approximate surface area is 794 Å². The zero-order valence-electron chi connectivity index (χ0n) is 79.0. The summed E-state index contributed by atoms with van der Waals surface area (Å²) in [6.07, 6.45) is 14.9. The monoisotopic (exact) mass is 1820 g/mol. The predicted molar refractivity (Wildman–Crippen MR) is 526 cm³/mol. The van der Waals surface area contributed by atoms with E-state index < -0.39 is 60.1 Å². The number of nitrogens with zero attached hydrogens (tertiary/aromatic N) is 3. The molecule has 3 atom stereocenters. The molecule has 10 aromatic carbocycles. The Balaban J connectivity index is 0.000000129. The molecule has 0 amide bonds. The molecule has 0 bridgehead atoms. The Hall–Kier alpha value is -12.9. The number of carboxylic acids is 1. The van der Waals surface area contributed by atoms with Crippen LogP contribution in [0.5, 0.6) is 23.0 Å². The van der Waals surface area contributed by atoms with Gasteiger partial charge in [-0.25, -0.2) is 19.4 Å². The SMILES string of the molecule is CCOC(=O)[C@@H](OC(C)(C)C)c1c(C)cc2cc(C#CC3CC3)ccc2c1-c1ccc2c3c(ccnc13)CCO2.CCOC(=O)[C@@H](OC(C)(C)C)c1c(C)cc2cc(C#CC3CC3)ccc2c1-c1ccc2c3c(ccnc13)CCO2.Cc1cc2cc(C#CC3CC3)ccc2c(-c2ccc3c4c(ccnc24)CCO3)c1[C@H](OC(C)(C)C)C(=O)O.OB(O)c1ccc2c3c(cc[nH+]c13)CCO2.[Cl-]. The van der Waals surface area contributed by atoms with Gasteiger partial charge in [0.05, 0.1) is 83.8 Å². The molecule has 135 heavy (non-hydrogen) atoms. The lowest BCUT2D eigenvalue weighted by Crippen LogP contribution is -3.00. The number of benzene rings is 10. The minimum atomic E-state index is -1.47. The molecule has 3 saturated carbocycles. The van der Waals surface area contributed by atoms with Crippen LogP contribution in [0.2, 0.25) is 0 Å². The van der Waals surface area contributed by atoms with Crippen molar-refractivity contribution in [2.75, 3.05) is 39.6 Å². The van der Waals surface area contributed by atoms with E-state index >= 15 is 0 Å². The van der Waals surface area contributed by atoms with Crippen LogP contribution >= 0.6 is 0 Å². The summed E-state index contributed by atoms with van der Waals surface area (Å²) < 4.78 is 53.9. The van der Waals surface area contributed by atoms with Crippen LogP contribution in [0.1, 0.15) is 205 Å². The molecule has 4 aliphatic heterocycles. The van der Waals surface area contributed by atoms with E-state index in [9.17, 15) is 29.5 Å². The highest BCUT2D eigenvalue weighted by molar-refractivity contribution is 6.61. The summed E-state index contributed by atoms with van der Waals surface area (Å²) in [6, 6.07) is 49.0. The first-order valence-corrected chi connectivity index (χ1v) is 46.9. The van der Waals surface area contributed by atoms with Crippen LogP contribution in [0.15, 0.2) is 170 Å². The number of aliphatic carboxylic acids is 1. The van der Waals surface area contributed by atoms with Crippen LogP contribution in [0, 0.1) is 74.0 Å². The summed E-state index contributed by atoms with van der Waals surface area (Å²) in [5.41, 5.74) is 20.2. The molecule has 4 N–H and O–H groups in total. The number of carbonyl (C=O) groups excluding carboxylic acids is 2. The highest BCUT2D eigenvalue weighted by Gasteiger charge is 2.39. The first kappa shape index (κ1) is 93.9. The van der Waals surface area contributed by atoms with Crippen molar-refractivity contribution in [3.63, 3.8) is 0 Å². The Morgan fingerprint density at radius 1 is 0.430 bits per heavy atom. The molecular weight excluding hydrogens is 1710 g/mol. The lowest BCUT2D eigenvalue weighted by atomic mass is 9.78. The van der Waals surface area contributed by atoms with Crippen molar-refractivity contribution in [1.29, 1.82) is 0 Å². The number of fused-ring (bicyclic) bond motifs is 3.